The van der Waals surface area contributed by atoms with Crippen LogP contribution in [0.5, 0.6) is 0 Å². The van der Waals surface area contributed by atoms with E-state index < -0.39 is 10.0 Å². The van der Waals surface area contributed by atoms with E-state index >= 15 is 0 Å². The largest absolute Gasteiger partial charge is 0.295 e. The molecule has 2 heterocycles. The fraction of sp³-hybridized carbons (Fsp3) is 0.120. The summed E-state index contributed by atoms with van der Waals surface area (Å²) in [7, 11) is -3.81. The zero-order chi connectivity index (χ0) is 24.2. The molecule has 0 spiro atoms. The van der Waals surface area contributed by atoms with Crippen molar-refractivity contribution in [1.82, 2.24) is 13.8 Å². The topological polar surface area (TPSA) is 101 Å². The first kappa shape index (κ1) is 22.2. The van der Waals surface area contributed by atoms with Gasteiger partial charge in [0.25, 0.3) is 15.6 Å². The predicted octanol–water partition coefficient (Wildman–Crippen LogP) is 4.82. The first-order valence-corrected chi connectivity index (χ1v) is 12.7. The number of nitrogens with one attached hydrogen (secondary N) is 1. The Balaban J connectivity index is 1.67. The number of rotatable bonds is 4. The second-order valence-corrected chi connectivity index (χ2v) is 10.9. The molecule has 34 heavy (non-hydrogen) atoms. The van der Waals surface area contributed by atoms with Crippen LogP contribution in [-0.4, -0.2) is 22.2 Å². The van der Waals surface area contributed by atoms with Crippen molar-refractivity contribution in [2.45, 2.75) is 25.3 Å². The highest BCUT2D eigenvalue weighted by Gasteiger charge is 2.22. The number of aromatic amines is 1. The normalized spacial score (nSPS) is 11.8. The Morgan fingerprint density at radius 3 is 2.47 bits per heavy atom. The van der Waals surface area contributed by atoms with Crippen LogP contribution in [0.3, 0.4) is 0 Å². The molecule has 0 saturated heterocycles. The lowest BCUT2D eigenvalue weighted by Crippen LogP contribution is -2.18. The SMILES string of the molecule is Cc1ccc(S(=O)(=O)n2ccc3c(Cn4[nH]c5ccc(C#N)cc5c4=O)c(Br)cc(C)c32)cc1. The summed E-state index contributed by atoms with van der Waals surface area (Å²) in [6.07, 6.45) is 1.55. The number of fused-ring (bicyclic) bond motifs is 2. The van der Waals surface area contributed by atoms with E-state index in [1.165, 1.54) is 8.65 Å². The Morgan fingerprint density at radius 2 is 1.76 bits per heavy atom. The van der Waals surface area contributed by atoms with Crippen LogP contribution >= 0.6 is 15.9 Å². The Hall–Kier alpha value is -3.61. The van der Waals surface area contributed by atoms with E-state index in [1.54, 1.807) is 54.7 Å². The van der Waals surface area contributed by atoms with E-state index in [0.29, 0.717) is 22.0 Å². The molecule has 0 saturated carbocycles. The number of H-pyrrole nitrogens is 1. The van der Waals surface area contributed by atoms with Gasteiger partial charge in [-0.05, 0) is 67.4 Å². The van der Waals surface area contributed by atoms with Crippen molar-refractivity contribution in [3.8, 4) is 6.07 Å². The lowest BCUT2D eigenvalue weighted by molar-refractivity contribution is 0.589. The molecule has 0 aliphatic carbocycles. The molecule has 5 aromatic rings. The summed E-state index contributed by atoms with van der Waals surface area (Å²) in [6, 6.07) is 17.3. The maximum atomic E-state index is 13.4. The second-order valence-electron chi connectivity index (χ2n) is 8.22. The molecule has 3 aromatic carbocycles. The lowest BCUT2D eigenvalue weighted by Gasteiger charge is -2.13. The molecule has 0 aliphatic heterocycles. The van der Waals surface area contributed by atoms with Crippen molar-refractivity contribution in [3.63, 3.8) is 0 Å². The molecule has 0 amide bonds. The third-order valence-corrected chi connectivity index (χ3v) is 8.35. The Labute approximate surface area is 204 Å². The first-order chi connectivity index (χ1) is 16.2. The average molecular weight is 535 g/mol. The molecule has 0 fully saturated rings. The van der Waals surface area contributed by atoms with Gasteiger partial charge in [-0.3, -0.25) is 9.89 Å². The van der Waals surface area contributed by atoms with E-state index in [4.69, 9.17) is 5.26 Å². The molecule has 0 bridgehead atoms. The van der Waals surface area contributed by atoms with Crippen LogP contribution in [0.4, 0.5) is 0 Å². The summed E-state index contributed by atoms with van der Waals surface area (Å²) >= 11 is 3.60. The molecule has 0 atom stereocenters. The van der Waals surface area contributed by atoms with Crippen molar-refractivity contribution < 1.29 is 8.42 Å². The molecule has 170 valence electrons. The molecule has 7 nitrogen and oxygen atoms in total. The quantitative estimate of drug-likeness (QED) is 0.357. The summed E-state index contributed by atoms with van der Waals surface area (Å²) < 4.78 is 30.4. The minimum atomic E-state index is -3.81. The summed E-state index contributed by atoms with van der Waals surface area (Å²) in [5.74, 6) is 0. The van der Waals surface area contributed by atoms with Crippen LogP contribution in [-0.2, 0) is 16.6 Å². The number of nitrogens with zero attached hydrogens (tertiary/aromatic N) is 3. The zero-order valence-corrected chi connectivity index (χ0v) is 20.7. The van der Waals surface area contributed by atoms with Crippen LogP contribution in [0.2, 0.25) is 0 Å². The van der Waals surface area contributed by atoms with Crippen LogP contribution in [0.1, 0.15) is 22.3 Å². The maximum absolute atomic E-state index is 13.4. The molecule has 2 aromatic heterocycles. The van der Waals surface area contributed by atoms with Crippen LogP contribution in [0, 0.1) is 25.2 Å². The summed E-state index contributed by atoms with van der Waals surface area (Å²) in [6.45, 7) is 3.96. The standard InChI is InChI=1S/C25H19BrN4O3S/c1-15-3-6-18(7-4-15)34(32,33)30-10-9-19-21(22(26)11-16(2)24(19)30)14-29-25(31)20-12-17(13-27)5-8-23(20)28-29/h3-12,28H,14H2,1-2H3. The summed E-state index contributed by atoms with van der Waals surface area (Å²) in [5, 5.41) is 13.4. The lowest BCUT2D eigenvalue weighted by atomic mass is 10.1. The summed E-state index contributed by atoms with van der Waals surface area (Å²) in [4.78, 5) is 13.2. The molecular weight excluding hydrogens is 516 g/mol. The zero-order valence-electron chi connectivity index (χ0n) is 18.3. The molecule has 1 N–H and O–H groups in total. The van der Waals surface area contributed by atoms with Gasteiger partial charge < -0.3 is 0 Å². The monoisotopic (exact) mass is 534 g/mol. The number of aryl methyl sites for hydroxylation is 2. The van der Waals surface area contributed by atoms with E-state index in [9.17, 15) is 13.2 Å². The minimum Gasteiger partial charge on any atom is -0.295 e. The Bertz CT molecular complexity index is 1800. The van der Waals surface area contributed by atoms with Crippen molar-refractivity contribution in [2.24, 2.45) is 0 Å². The third kappa shape index (κ3) is 3.47. The number of nitriles is 1. The van der Waals surface area contributed by atoms with Gasteiger partial charge in [0.05, 0.1) is 39.5 Å². The van der Waals surface area contributed by atoms with Gasteiger partial charge in [0.15, 0.2) is 0 Å². The molecule has 0 unspecified atom stereocenters. The van der Waals surface area contributed by atoms with Gasteiger partial charge in [-0.15, -0.1) is 0 Å². The maximum Gasteiger partial charge on any atom is 0.274 e. The van der Waals surface area contributed by atoms with Crippen molar-refractivity contribution in [2.75, 3.05) is 0 Å². The number of benzene rings is 3. The molecule has 0 radical (unpaired) electrons. The van der Waals surface area contributed by atoms with Gasteiger partial charge in [0.1, 0.15) is 0 Å². The van der Waals surface area contributed by atoms with Gasteiger partial charge in [0, 0.05) is 16.1 Å². The molecular formula is C25H19BrN4O3S. The highest BCUT2D eigenvalue weighted by Crippen LogP contribution is 2.33. The molecule has 5 rings (SSSR count). The molecule has 9 heteroatoms. The predicted molar refractivity (Wildman–Crippen MR) is 135 cm³/mol. The smallest absolute Gasteiger partial charge is 0.274 e. The number of hydrogen-bond acceptors (Lipinski definition) is 4. The average Bonchev–Trinajstić information content (AvgIpc) is 3.39. The Kier molecular flexibility index (Phi) is 5.23. The van der Waals surface area contributed by atoms with Gasteiger partial charge >= 0.3 is 0 Å². The van der Waals surface area contributed by atoms with Crippen molar-refractivity contribution >= 4 is 47.8 Å². The fourth-order valence-corrected chi connectivity index (χ4v) is 6.30. The number of aromatic nitrogens is 3. The Morgan fingerprint density at radius 1 is 1.03 bits per heavy atom. The summed E-state index contributed by atoms with van der Waals surface area (Å²) in [5.41, 5.74) is 3.89. The van der Waals surface area contributed by atoms with E-state index in [0.717, 1.165) is 26.5 Å². The van der Waals surface area contributed by atoms with E-state index in [1.807, 2.05) is 26.0 Å². The van der Waals surface area contributed by atoms with Crippen LogP contribution in [0.25, 0.3) is 21.8 Å². The number of halogens is 1. The van der Waals surface area contributed by atoms with Crippen molar-refractivity contribution in [1.29, 1.82) is 5.26 Å². The highest BCUT2D eigenvalue weighted by molar-refractivity contribution is 9.10. The second kappa shape index (κ2) is 8.01. The highest BCUT2D eigenvalue weighted by atomic mass is 79.9. The van der Waals surface area contributed by atoms with Gasteiger partial charge in [-0.25, -0.2) is 17.1 Å². The van der Waals surface area contributed by atoms with E-state index in [2.05, 4.69) is 21.0 Å². The fourth-order valence-electron chi connectivity index (χ4n) is 4.20. The van der Waals surface area contributed by atoms with Gasteiger partial charge in [-0.2, -0.15) is 5.26 Å². The van der Waals surface area contributed by atoms with E-state index in [-0.39, 0.29) is 17.0 Å². The molecule has 0 aliphatic rings. The number of hydrogen-bond donors (Lipinski definition) is 1. The minimum absolute atomic E-state index is 0.196. The van der Waals surface area contributed by atoms with Crippen LogP contribution in [0.15, 0.2) is 75.0 Å². The van der Waals surface area contributed by atoms with Crippen LogP contribution < -0.4 is 5.56 Å². The van der Waals surface area contributed by atoms with Gasteiger partial charge in [-0.1, -0.05) is 33.6 Å². The third-order valence-electron chi connectivity index (χ3n) is 5.96. The first-order valence-electron chi connectivity index (χ1n) is 10.4. The van der Waals surface area contributed by atoms with Gasteiger partial charge in [0.2, 0.25) is 0 Å². The van der Waals surface area contributed by atoms with Crippen molar-refractivity contribution in [3.05, 3.63) is 97.9 Å².